The molecule has 0 saturated carbocycles. The van der Waals surface area contributed by atoms with E-state index in [1.165, 1.54) is 13.0 Å². The summed E-state index contributed by atoms with van der Waals surface area (Å²) in [5.74, 6) is 0.861. The number of methoxy groups -OCH3 is 1. The number of rotatable bonds is 3. The number of carbonyl (C=O) groups excluding carboxylic acids is 1. The molecule has 1 aromatic heterocycles. The number of hydrogen-bond donors (Lipinski definition) is 0. The first-order chi connectivity index (χ1) is 11.1. The van der Waals surface area contributed by atoms with Crippen LogP contribution in [0.2, 0.25) is 0 Å². The Morgan fingerprint density at radius 1 is 1.09 bits per heavy atom. The van der Waals surface area contributed by atoms with E-state index in [0.717, 1.165) is 5.56 Å². The molecule has 0 bridgehead atoms. The molecule has 2 aromatic carbocycles. The average molecular weight is 310 g/mol. The molecule has 0 aliphatic rings. The van der Waals surface area contributed by atoms with Crippen LogP contribution < -0.4 is 14.9 Å². The van der Waals surface area contributed by atoms with Crippen LogP contribution in [0.1, 0.15) is 6.92 Å². The first-order valence-electron chi connectivity index (χ1n) is 6.98. The van der Waals surface area contributed by atoms with Crippen LogP contribution >= 0.6 is 0 Å². The van der Waals surface area contributed by atoms with Gasteiger partial charge in [0.1, 0.15) is 28.2 Å². The second-order valence-electron chi connectivity index (χ2n) is 4.93. The fraction of sp³-hybridized carbons (Fsp3) is 0.111. The number of hydrogen-bond acceptors (Lipinski definition) is 5. The van der Waals surface area contributed by atoms with E-state index in [4.69, 9.17) is 13.9 Å². The van der Waals surface area contributed by atoms with Crippen LogP contribution in [0.25, 0.3) is 22.3 Å². The molecule has 0 fully saturated rings. The maximum absolute atomic E-state index is 12.4. The van der Waals surface area contributed by atoms with Gasteiger partial charge in [0.2, 0.25) is 0 Å². The molecule has 5 heteroatoms. The number of esters is 1. The monoisotopic (exact) mass is 310 g/mol. The van der Waals surface area contributed by atoms with Crippen LogP contribution in [-0.4, -0.2) is 13.1 Å². The second kappa shape index (κ2) is 5.96. The van der Waals surface area contributed by atoms with Crippen molar-refractivity contribution < 1.29 is 18.7 Å². The molecule has 0 aliphatic heterocycles. The molecule has 3 rings (SSSR count). The van der Waals surface area contributed by atoms with Crippen LogP contribution in [0, 0.1) is 0 Å². The predicted octanol–water partition coefficient (Wildman–Crippen LogP) is 3.39. The van der Waals surface area contributed by atoms with Gasteiger partial charge in [0.15, 0.2) is 5.43 Å². The summed E-state index contributed by atoms with van der Waals surface area (Å²) in [5, 5.41) is 0.250. The average Bonchev–Trinajstić information content (AvgIpc) is 2.54. The van der Waals surface area contributed by atoms with E-state index >= 15 is 0 Å². The molecule has 3 aromatic rings. The minimum Gasteiger partial charge on any atom is -0.497 e. The Balaban J connectivity index is 2.14. The summed E-state index contributed by atoms with van der Waals surface area (Å²) >= 11 is 0. The van der Waals surface area contributed by atoms with Crippen molar-refractivity contribution in [1.29, 1.82) is 0 Å². The molecule has 23 heavy (non-hydrogen) atoms. The van der Waals surface area contributed by atoms with Crippen molar-refractivity contribution in [3.63, 3.8) is 0 Å². The lowest BCUT2D eigenvalue weighted by atomic mass is 10.1. The standard InChI is InChI=1S/C18H14O5/c1-11(19)22-15-4-3-5-16-18(15)14(20)10-17(23-16)12-6-8-13(21-2)9-7-12/h3-10H,1-2H3. The normalized spacial score (nSPS) is 10.5. The van der Waals surface area contributed by atoms with Gasteiger partial charge in [-0.2, -0.15) is 0 Å². The third-order valence-electron chi connectivity index (χ3n) is 3.34. The Morgan fingerprint density at radius 3 is 2.48 bits per heavy atom. The van der Waals surface area contributed by atoms with Crippen LogP contribution in [0.4, 0.5) is 0 Å². The maximum atomic E-state index is 12.4. The van der Waals surface area contributed by atoms with Gasteiger partial charge in [-0.15, -0.1) is 0 Å². The van der Waals surface area contributed by atoms with Crippen molar-refractivity contribution in [1.82, 2.24) is 0 Å². The molecule has 0 atom stereocenters. The van der Waals surface area contributed by atoms with Crippen LogP contribution in [0.15, 0.2) is 57.7 Å². The Kier molecular flexibility index (Phi) is 3.85. The van der Waals surface area contributed by atoms with Crippen LogP contribution in [-0.2, 0) is 4.79 Å². The molecule has 0 spiro atoms. The Morgan fingerprint density at radius 2 is 1.83 bits per heavy atom. The summed E-state index contributed by atoms with van der Waals surface area (Å²) in [6, 6.07) is 13.5. The lowest BCUT2D eigenvalue weighted by molar-refractivity contribution is -0.131. The van der Waals surface area contributed by atoms with Gasteiger partial charge in [-0.05, 0) is 36.4 Å². The van der Waals surface area contributed by atoms with E-state index in [9.17, 15) is 9.59 Å². The fourth-order valence-corrected chi connectivity index (χ4v) is 2.32. The molecule has 5 nitrogen and oxygen atoms in total. The highest BCUT2D eigenvalue weighted by Gasteiger charge is 2.12. The Hall–Kier alpha value is -3.08. The molecule has 0 saturated heterocycles. The summed E-state index contributed by atoms with van der Waals surface area (Å²) in [6.07, 6.45) is 0. The van der Waals surface area contributed by atoms with Crippen molar-refractivity contribution >= 4 is 16.9 Å². The predicted molar refractivity (Wildman–Crippen MR) is 85.8 cm³/mol. The van der Waals surface area contributed by atoms with Crippen molar-refractivity contribution in [3.8, 4) is 22.8 Å². The summed E-state index contributed by atoms with van der Waals surface area (Å²) in [4.78, 5) is 23.6. The number of benzene rings is 2. The van der Waals surface area contributed by atoms with Crippen molar-refractivity contribution in [3.05, 3.63) is 58.8 Å². The zero-order valence-corrected chi connectivity index (χ0v) is 12.7. The van der Waals surface area contributed by atoms with Crippen LogP contribution in [0.5, 0.6) is 11.5 Å². The van der Waals surface area contributed by atoms with Gasteiger partial charge in [0.25, 0.3) is 0 Å². The summed E-state index contributed by atoms with van der Waals surface area (Å²) in [5.41, 5.74) is 0.846. The number of ether oxygens (including phenoxy) is 2. The highest BCUT2D eigenvalue weighted by Crippen LogP contribution is 2.28. The van der Waals surface area contributed by atoms with Gasteiger partial charge < -0.3 is 13.9 Å². The van der Waals surface area contributed by atoms with Crippen molar-refractivity contribution in [2.24, 2.45) is 0 Å². The van der Waals surface area contributed by atoms with Gasteiger partial charge in [-0.1, -0.05) is 6.07 Å². The molecular formula is C18H14O5. The molecule has 116 valence electrons. The van der Waals surface area contributed by atoms with Crippen molar-refractivity contribution in [2.45, 2.75) is 6.92 Å². The quantitative estimate of drug-likeness (QED) is 0.548. The largest absolute Gasteiger partial charge is 0.497 e. The minimum atomic E-state index is -0.490. The highest BCUT2D eigenvalue weighted by atomic mass is 16.5. The smallest absolute Gasteiger partial charge is 0.308 e. The van der Waals surface area contributed by atoms with E-state index in [2.05, 4.69) is 0 Å². The SMILES string of the molecule is COc1ccc(-c2cc(=O)c3c(OC(C)=O)cccc3o2)cc1. The summed E-state index contributed by atoms with van der Waals surface area (Å²) in [7, 11) is 1.59. The Bertz CT molecular complexity index is 922. The lowest BCUT2D eigenvalue weighted by Gasteiger charge is -2.07. The third-order valence-corrected chi connectivity index (χ3v) is 3.34. The minimum absolute atomic E-state index is 0.199. The zero-order chi connectivity index (χ0) is 16.4. The third kappa shape index (κ3) is 2.94. The molecule has 0 amide bonds. The molecular weight excluding hydrogens is 296 g/mol. The molecule has 0 unspecified atom stereocenters. The first-order valence-corrected chi connectivity index (χ1v) is 6.98. The molecule has 0 N–H and O–H groups in total. The summed E-state index contributed by atoms with van der Waals surface area (Å²) < 4.78 is 16.0. The van der Waals surface area contributed by atoms with E-state index < -0.39 is 5.97 Å². The number of carbonyl (C=O) groups is 1. The van der Waals surface area contributed by atoms with E-state index in [1.54, 1.807) is 49.6 Å². The van der Waals surface area contributed by atoms with Gasteiger partial charge in [-0.3, -0.25) is 9.59 Å². The number of fused-ring (bicyclic) bond motifs is 1. The summed E-state index contributed by atoms with van der Waals surface area (Å²) in [6.45, 7) is 1.28. The van der Waals surface area contributed by atoms with E-state index in [0.29, 0.717) is 17.1 Å². The van der Waals surface area contributed by atoms with Gasteiger partial charge in [0.05, 0.1) is 7.11 Å². The van der Waals surface area contributed by atoms with E-state index in [-0.39, 0.29) is 16.6 Å². The fourth-order valence-electron chi connectivity index (χ4n) is 2.32. The van der Waals surface area contributed by atoms with Gasteiger partial charge >= 0.3 is 5.97 Å². The lowest BCUT2D eigenvalue weighted by Crippen LogP contribution is -2.07. The second-order valence-corrected chi connectivity index (χ2v) is 4.93. The first kappa shape index (κ1) is 14.8. The molecule has 1 heterocycles. The van der Waals surface area contributed by atoms with Gasteiger partial charge in [-0.25, -0.2) is 0 Å². The van der Waals surface area contributed by atoms with Crippen LogP contribution in [0.3, 0.4) is 0 Å². The van der Waals surface area contributed by atoms with E-state index in [1.807, 2.05) is 0 Å². The topological polar surface area (TPSA) is 65.7 Å². The Labute approximate surface area is 132 Å². The zero-order valence-electron chi connectivity index (χ0n) is 12.7. The van der Waals surface area contributed by atoms with Crippen molar-refractivity contribution in [2.75, 3.05) is 7.11 Å². The van der Waals surface area contributed by atoms with Gasteiger partial charge in [0, 0.05) is 18.6 Å². The molecule has 0 radical (unpaired) electrons. The highest BCUT2D eigenvalue weighted by molar-refractivity contribution is 5.87. The molecule has 0 aliphatic carbocycles. The maximum Gasteiger partial charge on any atom is 0.308 e.